The van der Waals surface area contributed by atoms with Gasteiger partial charge in [-0.15, -0.1) is 0 Å². The fourth-order valence-electron chi connectivity index (χ4n) is 1.23. The normalized spacial score (nSPS) is 12.5. The lowest BCUT2D eigenvalue weighted by atomic mass is 10.1. The van der Waals surface area contributed by atoms with E-state index in [4.69, 9.17) is 4.74 Å². The first-order valence-electron chi connectivity index (χ1n) is 5.22. The highest BCUT2D eigenvalue weighted by Crippen LogP contribution is 2.18. The van der Waals surface area contributed by atoms with Crippen molar-refractivity contribution in [1.82, 2.24) is 0 Å². The summed E-state index contributed by atoms with van der Waals surface area (Å²) in [5.41, 5.74) is 0.899. The van der Waals surface area contributed by atoms with Crippen molar-refractivity contribution in [2.24, 2.45) is 0 Å². The predicted octanol–water partition coefficient (Wildman–Crippen LogP) is 2.87. The third-order valence-electron chi connectivity index (χ3n) is 2.04. The maximum absolute atomic E-state index is 9.40. The first-order chi connectivity index (χ1) is 7.24. The van der Waals surface area contributed by atoms with Gasteiger partial charge in [0.1, 0.15) is 5.75 Å². The Kier molecular flexibility index (Phi) is 5.58. The summed E-state index contributed by atoms with van der Waals surface area (Å²) in [5, 5.41) is 9.40. The molecule has 0 radical (unpaired) electrons. The van der Waals surface area contributed by atoms with Gasteiger partial charge in [0.25, 0.3) is 0 Å². The van der Waals surface area contributed by atoms with Gasteiger partial charge in [-0.3, -0.25) is 0 Å². The lowest BCUT2D eigenvalue weighted by Crippen LogP contribution is -2.01. The number of thioether (sulfide) groups is 1. The van der Waals surface area contributed by atoms with E-state index in [9.17, 15) is 5.11 Å². The van der Waals surface area contributed by atoms with Crippen LogP contribution in [-0.4, -0.2) is 23.2 Å². The van der Waals surface area contributed by atoms with Crippen LogP contribution in [0, 0.1) is 0 Å². The Morgan fingerprint density at radius 2 is 2.27 bits per heavy atom. The van der Waals surface area contributed by atoms with E-state index >= 15 is 0 Å². The number of hydrogen-bond donors (Lipinski definition) is 1. The summed E-state index contributed by atoms with van der Waals surface area (Å²) >= 11 is 1.86. The molecule has 84 valence electrons. The monoisotopic (exact) mass is 226 g/mol. The van der Waals surface area contributed by atoms with Gasteiger partial charge in [-0.05, 0) is 30.4 Å². The van der Waals surface area contributed by atoms with Gasteiger partial charge in [-0.25, -0.2) is 0 Å². The molecule has 0 aliphatic carbocycles. The molecular formula is C12H18O2S. The summed E-state index contributed by atoms with van der Waals surface area (Å²) in [7, 11) is 0. The number of rotatable bonds is 6. The molecule has 0 aliphatic heterocycles. The molecule has 3 heteroatoms. The molecule has 1 aromatic rings. The van der Waals surface area contributed by atoms with E-state index in [1.54, 1.807) is 6.92 Å². The summed E-state index contributed by atoms with van der Waals surface area (Å²) in [4.78, 5) is 0. The zero-order chi connectivity index (χ0) is 11.1. The Bertz CT molecular complexity index is 287. The highest BCUT2D eigenvalue weighted by Gasteiger charge is 2.01. The van der Waals surface area contributed by atoms with Gasteiger partial charge in [-0.2, -0.15) is 11.8 Å². The number of hydrogen-bond acceptors (Lipinski definition) is 3. The molecule has 0 aromatic heterocycles. The van der Waals surface area contributed by atoms with Crippen LogP contribution in [0.15, 0.2) is 24.3 Å². The molecule has 0 unspecified atom stereocenters. The third kappa shape index (κ3) is 4.58. The van der Waals surface area contributed by atoms with Crippen molar-refractivity contribution in [3.05, 3.63) is 29.8 Å². The number of aliphatic hydroxyl groups is 1. The van der Waals surface area contributed by atoms with Gasteiger partial charge in [0.05, 0.1) is 12.7 Å². The van der Waals surface area contributed by atoms with Gasteiger partial charge in [0, 0.05) is 5.75 Å². The molecule has 0 heterocycles. The maximum atomic E-state index is 9.40. The molecule has 0 saturated heterocycles. The Balaban J connectivity index is 2.43. The van der Waals surface area contributed by atoms with Crippen molar-refractivity contribution in [1.29, 1.82) is 0 Å². The van der Waals surface area contributed by atoms with Gasteiger partial charge in [0.2, 0.25) is 0 Å². The molecule has 15 heavy (non-hydrogen) atoms. The average molecular weight is 226 g/mol. The minimum atomic E-state index is -0.432. The number of ether oxygens (including phenoxy) is 1. The van der Waals surface area contributed by atoms with Crippen LogP contribution in [0.25, 0.3) is 0 Å². The predicted molar refractivity (Wildman–Crippen MR) is 65.6 cm³/mol. The number of aliphatic hydroxyl groups excluding tert-OH is 1. The molecule has 1 aromatic carbocycles. The summed E-state index contributed by atoms with van der Waals surface area (Å²) in [6, 6.07) is 7.62. The van der Waals surface area contributed by atoms with Crippen molar-refractivity contribution < 1.29 is 9.84 Å². The second-order valence-corrected chi connectivity index (χ2v) is 4.69. The largest absolute Gasteiger partial charge is 0.493 e. The van der Waals surface area contributed by atoms with E-state index in [1.807, 2.05) is 36.0 Å². The molecule has 0 amide bonds. The van der Waals surface area contributed by atoms with E-state index < -0.39 is 6.10 Å². The zero-order valence-corrected chi connectivity index (χ0v) is 10.1. The first kappa shape index (κ1) is 12.4. The van der Waals surface area contributed by atoms with Gasteiger partial charge >= 0.3 is 0 Å². The SMILES string of the molecule is CCSCCOc1cccc([C@H](C)O)c1. The lowest BCUT2D eigenvalue weighted by molar-refractivity contribution is 0.198. The molecular weight excluding hydrogens is 208 g/mol. The smallest absolute Gasteiger partial charge is 0.119 e. The highest BCUT2D eigenvalue weighted by molar-refractivity contribution is 7.99. The molecule has 1 atom stereocenters. The van der Waals surface area contributed by atoms with Crippen LogP contribution >= 0.6 is 11.8 Å². The molecule has 0 spiro atoms. The molecule has 0 bridgehead atoms. The Hall–Kier alpha value is -0.670. The molecule has 2 nitrogen and oxygen atoms in total. The minimum Gasteiger partial charge on any atom is -0.493 e. The number of benzene rings is 1. The Morgan fingerprint density at radius 1 is 1.47 bits per heavy atom. The molecule has 1 N–H and O–H groups in total. The van der Waals surface area contributed by atoms with E-state index in [0.29, 0.717) is 0 Å². The second kappa shape index (κ2) is 6.75. The van der Waals surface area contributed by atoms with Crippen LogP contribution in [0.2, 0.25) is 0 Å². The standard InChI is InChI=1S/C12H18O2S/c1-3-15-8-7-14-12-6-4-5-11(9-12)10(2)13/h4-6,9-10,13H,3,7-8H2,1-2H3/t10-/m0/s1. The van der Waals surface area contributed by atoms with Crippen molar-refractivity contribution in [3.63, 3.8) is 0 Å². The van der Waals surface area contributed by atoms with E-state index in [1.165, 1.54) is 0 Å². The maximum Gasteiger partial charge on any atom is 0.119 e. The summed E-state index contributed by atoms with van der Waals surface area (Å²) in [6.45, 7) is 4.62. The van der Waals surface area contributed by atoms with Crippen LogP contribution in [0.1, 0.15) is 25.5 Å². The van der Waals surface area contributed by atoms with E-state index in [0.717, 1.165) is 29.4 Å². The van der Waals surface area contributed by atoms with Gasteiger partial charge < -0.3 is 9.84 Å². The third-order valence-corrected chi connectivity index (χ3v) is 2.90. The fraction of sp³-hybridized carbons (Fsp3) is 0.500. The summed E-state index contributed by atoms with van der Waals surface area (Å²) < 4.78 is 5.57. The van der Waals surface area contributed by atoms with Crippen LogP contribution in [0.4, 0.5) is 0 Å². The van der Waals surface area contributed by atoms with Crippen molar-refractivity contribution in [3.8, 4) is 5.75 Å². The average Bonchev–Trinajstić information content (AvgIpc) is 2.25. The van der Waals surface area contributed by atoms with Crippen LogP contribution in [0.5, 0.6) is 5.75 Å². The van der Waals surface area contributed by atoms with E-state index in [2.05, 4.69) is 6.92 Å². The molecule has 0 fully saturated rings. The Labute approximate surface area is 95.7 Å². The summed E-state index contributed by atoms with van der Waals surface area (Å²) in [5.74, 6) is 2.97. The first-order valence-corrected chi connectivity index (χ1v) is 6.38. The van der Waals surface area contributed by atoms with Crippen LogP contribution in [0.3, 0.4) is 0 Å². The van der Waals surface area contributed by atoms with Crippen LogP contribution in [-0.2, 0) is 0 Å². The zero-order valence-electron chi connectivity index (χ0n) is 9.27. The lowest BCUT2D eigenvalue weighted by Gasteiger charge is -2.09. The van der Waals surface area contributed by atoms with Crippen molar-refractivity contribution in [2.45, 2.75) is 20.0 Å². The Morgan fingerprint density at radius 3 is 2.93 bits per heavy atom. The topological polar surface area (TPSA) is 29.5 Å². The van der Waals surface area contributed by atoms with Gasteiger partial charge in [0.15, 0.2) is 0 Å². The second-order valence-electron chi connectivity index (χ2n) is 3.29. The highest BCUT2D eigenvalue weighted by atomic mass is 32.2. The van der Waals surface area contributed by atoms with Gasteiger partial charge in [-0.1, -0.05) is 19.1 Å². The molecule has 0 saturated carbocycles. The summed E-state index contributed by atoms with van der Waals surface area (Å²) in [6.07, 6.45) is -0.432. The minimum absolute atomic E-state index is 0.432. The fourth-order valence-corrected chi connectivity index (χ4v) is 1.72. The quantitative estimate of drug-likeness (QED) is 0.756. The van der Waals surface area contributed by atoms with Crippen LogP contribution < -0.4 is 4.74 Å². The van der Waals surface area contributed by atoms with Crippen molar-refractivity contribution in [2.75, 3.05) is 18.1 Å². The molecule has 1 rings (SSSR count). The van der Waals surface area contributed by atoms with Crippen molar-refractivity contribution >= 4 is 11.8 Å². The molecule has 0 aliphatic rings. The van der Waals surface area contributed by atoms with E-state index in [-0.39, 0.29) is 0 Å².